The standard InChI is InChI=1S/C26H28N2O3/c1-26(2,3)22-13-9-20(10-14-22)24(29)27-28-25(30)21-11-15-23(16-12-21)31-18-17-19-7-5-4-6-8-19/h4-16H,17-18H2,1-3H3,(H,27,29)(H,28,30). The highest BCUT2D eigenvalue weighted by atomic mass is 16.5. The number of carbonyl (C=O) groups is 2. The molecule has 2 amide bonds. The lowest BCUT2D eigenvalue weighted by Crippen LogP contribution is -2.41. The summed E-state index contributed by atoms with van der Waals surface area (Å²) in [6.45, 7) is 6.89. The van der Waals surface area contributed by atoms with Gasteiger partial charge in [0.05, 0.1) is 6.61 Å². The van der Waals surface area contributed by atoms with Crippen LogP contribution in [0.15, 0.2) is 78.9 Å². The molecule has 0 aliphatic carbocycles. The molecule has 0 atom stereocenters. The zero-order valence-corrected chi connectivity index (χ0v) is 18.1. The van der Waals surface area contributed by atoms with Crippen molar-refractivity contribution in [2.45, 2.75) is 32.6 Å². The van der Waals surface area contributed by atoms with Gasteiger partial charge in [0.2, 0.25) is 0 Å². The topological polar surface area (TPSA) is 67.4 Å². The molecule has 0 spiro atoms. The molecule has 0 unspecified atom stereocenters. The maximum Gasteiger partial charge on any atom is 0.269 e. The summed E-state index contributed by atoms with van der Waals surface area (Å²) in [7, 11) is 0. The second-order valence-electron chi connectivity index (χ2n) is 8.34. The number of hydrazine groups is 1. The van der Waals surface area contributed by atoms with E-state index < -0.39 is 5.91 Å². The number of benzene rings is 3. The fourth-order valence-electron chi connectivity index (χ4n) is 3.01. The normalized spacial score (nSPS) is 10.9. The van der Waals surface area contributed by atoms with Crippen molar-refractivity contribution < 1.29 is 14.3 Å². The summed E-state index contributed by atoms with van der Waals surface area (Å²) in [6, 6.07) is 24.3. The number of nitrogens with one attached hydrogen (secondary N) is 2. The van der Waals surface area contributed by atoms with Gasteiger partial charge in [-0.15, -0.1) is 0 Å². The monoisotopic (exact) mass is 416 g/mol. The fraction of sp³-hybridized carbons (Fsp3) is 0.231. The van der Waals surface area contributed by atoms with E-state index in [0.29, 0.717) is 23.5 Å². The van der Waals surface area contributed by atoms with Crippen LogP contribution in [0.2, 0.25) is 0 Å². The van der Waals surface area contributed by atoms with E-state index in [-0.39, 0.29) is 11.3 Å². The summed E-state index contributed by atoms with van der Waals surface area (Å²) < 4.78 is 5.73. The highest BCUT2D eigenvalue weighted by Crippen LogP contribution is 2.22. The van der Waals surface area contributed by atoms with Gasteiger partial charge in [0.25, 0.3) is 11.8 Å². The molecule has 5 heteroatoms. The average Bonchev–Trinajstić information content (AvgIpc) is 2.78. The van der Waals surface area contributed by atoms with E-state index in [4.69, 9.17) is 4.74 Å². The van der Waals surface area contributed by atoms with E-state index in [0.717, 1.165) is 12.0 Å². The molecule has 3 aromatic rings. The molecule has 0 aromatic heterocycles. The number of carbonyl (C=O) groups excluding carboxylic acids is 2. The number of rotatable bonds is 6. The molecule has 5 nitrogen and oxygen atoms in total. The van der Waals surface area contributed by atoms with Gasteiger partial charge in [-0.05, 0) is 52.9 Å². The van der Waals surface area contributed by atoms with Gasteiger partial charge in [-0.3, -0.25) is 20.4 Å². The molecule has 31 heavy (non-hydrogen) atoms. The zero-order valence-electron chi connectivity index (χ0n) is 18.1. The van der Waals surface area contributed by atoms with E-state index in [9.17, 15) is 9.59 Å². The molecular weight excluding hydrogens is 388 g/mol. The third kappa shape index (κ3) is 6.44. The number of ether oxygens (including phenoxy) is 1. The van der Waals surface area contributed by atoms with Gasteiger partial charge in [-0.1, -0.05) is 63.2 Å². The predicted octanol–water partition coefficient (Wildman–Crippen LogP) is 4.68. The molecule has 3 rings (SSSR count). The van der Waals surface area contributed by atoms with E-state index in [1.54, 1.807) is 36.4 Å². The Morgan fingerprint density at radius 1 is 0.742 bits per heavy atom. The van der Waals surface area contributed by atoms with E-state index in [1.807, 2.05) is 30.3 Å². The van der Waals surface area contributed by atoms with Crippen LogP contribution in [0.4, 0.5) is 0 Å². The number of hydrogen-bond acceptors (Lipinski definition) is 3. The van der Waals surface area contributed by atoms with Crippen molar-refractivity contribution in [1.82, 2.24) is 10.9 Å². The third-order valence-electron chi connectivity index (χ3n) is 4.92. The Morgan fingerprint density at radius 2 is 1.26 bits per heavy atom. The fourth-order valence-corrected chi connectivity index (χ4v) is 3.01. The number of amides is 2. The van der Waals surface area contributed by atoms with Crippen LogP contribution in [0.5, 0.6) is 5.75 Å². The predicted molar refractivity (Wildman–Crippen MR) is 122 cm³/mol. The molecule has 2 N–H and O–H groups in total. The van der Waals surface area contributed by atoms with Crippen molar-refractivity contribution in [3.63, 3.8) is 0 Å². The SMILES string of the molecule is CC(C)(C)c1ccc(C(=O)NNC(=O)c2ccc(OCCc3ccccc3)cc2)cc1. The van der Waals surface area contributed by atoms with Crippen LogP contribution in [0.1, 0.15) is 52.6 Å². The van der Waals surface area contributed by atoms with Gasteiger partial charge in [-0.2, -0.15) is 0 Å². The Bertz CT molecular complexity index is 1010. The third-order valence-corrected chi connectivity index (χ3v) is 4.92. The maximum atomic E-state index is 12.3. The summed E-state index contributed by atoms with van der Waals surface area (Å²) in [6.07, 6.45) is 0.811. The highest BCUT2D eigenvalue weighted by molar-refractivity contribution is 5.99. The van der Waals surface area contributed by atoms with Crippen molar-refractivity contribution in [1.29, 1.82) is 0 Å². The Morgan fingerprint density at radius 3 is 1.77 bits per heavy atom. The smallest absolute Gasteiger partial charge is 0.269 e. The Kier molecular flexibility index (Phi) is 7.08. The van der Waals surface area contributed by atoms with Crippen LogP contribution in [-0.2, 0) is 11.8 Å². The molecule has 0 saturated heterocycles. The molecule has 0 aliphatic heterocycles. The average molecular weight is 417 g/mol. The van der Waals surface area contributed by atoms with Crippen molar-refractivity contribution in [2.24, 2.45) is 0 Å². The summed E-state index contributed by atoms with van der Waals surface area (Å²) in [5.41, 5.74) is 8.17. The van der Waals surface area contributed by atoms with E-state index in [2.05, 4.69) is 43.8 Å². The molecule has 0 saturated carbocycles. The van der Waals surface area contributed by atoms with E-state index >= 15 is 0 Å². The van der Waals surface area contributed by atoms with Gasteiger partial charge >= 0.3 is 0 Å². The zero-order chi connectivity index (χ0) is 22.3. The van der Waals surface area contributed by atoms with Gasteiger partial charge in [-0.25, -0.2) is 0 Å². The molecule has 0 fully saturated rings. The lowest BCUT2D eigenvalue weighted by molar-refractivity contribution is 0.0846. The summed E-state index contributed by atoms with van der Waals surface area (Å²) in [5.74, 6) is -0.0689. The van der Waals surface area contributed by atoms with Crippen molar-refractivity contribution in [3.8, 4) is 5.75 Å². The van der Waals surface area contributed by atoms with Gasteiger partial charge < -0.3 is 4.74 Å². The quantitative estimate of drug-likeness (QED) is 0.574. The highest BCUT2D eigenvalue weighted by Gasteiger charge is 2.15. The molecule has 0 heterocycles. The lowest BCUT2D eigenvalue weighted by Gasteiger charge is -2.19. The first-order valence-corrected chi connectivity index (χ1v) is 10.3. The molecule has 0 aliphatic rings. The Balaban J connectivity index is 1.47. The second kappa shape index (κ2) is 9.94. The summed E-state index contributed by atoms with van der Waals surface area (Å²) >= 11 is 0. The first-order valence-electron chi connectivity index (χ1n) is 10.3. The minimum atomic E-state index is -0.393. The van der Waals surface area contributed by atoms with Crippen molar-refractivity contribution in [3.05, 3.63) is 101 Å². The summed E-state index contributed by atoms with van der Waals surface area (Å²) in [5, 5.41) is 0. The van der Waals surface area contributed by atoms with Crippen LogP contribution in [0.3, 0.4) is 0 Å². The van der Waals surface area contributed by atoms with Crippen LogP contribution >= 0.6 is 0 Å². The molecule has 160 valence electrons. The van der Waals surface area contributed by atoms with Gasteiger partial charge in [0.1, 0.15) is 5.75 Å². The van der Waals surface area contributed by atoms with Crippen molar-refractivity contribution >= 4 is 11.8 Å². The van der Waals surface area contributed by atoms with Crippen molar-refractivity contribution in [2.75, 3.05) is 6.61 Å². The number of hydrogen-bond donors (Lipinski definition) is 2. The maximum absolute atomic E-state index is 12.3. The minimum absolute atomic E-state index is 0.0145. The van der Waals surface area contributed by atoms with Crippen LogP contribution in [-0.4, -0.2) is 18.4 Å². The first-order chi connectivity index (χ1) is 14.8. The van der Waals surface area contributed by atoms with E-state index in [1.165, 1.54) is 5.56 Å². The lowest BCUT2D eigenvalue weighted by atomic mass is 9.87. The summed E-state index contributed by atoms with van der Waals surface area (Å²) in [4.78, 5) is 24.6. The minimum Gasteiger partial charge on any atom is -0.493 e. The van der Waals surface area contributed by atoms with Gasteiger partial charge in [0.15, 0.2) is 0 Å². The first kappa shape index (κ1) is 22.1. The largest absolute Gasteiger partial charge is 0.493 e. The molecular formula is C26H28N2O3. The Hall–Kier alpha value is -3.60. The molecule has 3 aromatic carbocycles. The second-order valence-corrected chi connectivity index (χ2v) is 8.34. The molecule has 0 bridgehead atoms. The Labute approximate surface area is 183 Å². The molecule has 0 radical (unpaired) electrons. The van der Waals surface area contributed by atoms with Crippen LogP contribution < -0.4 is 15.6 Å². The van der Waals surface area contributed by atoms with Gasteiger partial charge in [0, 0.05) is 17.5 Å². The van der Waals surface area contributed by atoms with Crippen LogP contribution in [0, 0.1) is 0 Å². The van der Waals surface area contributed by atoms with Crippen LogP contribution in [0.25, 0.3) is 0 Å².